The van der Waals surface area contributed by atoms with E-state index in [-0.39, 0.29) is 22.5 Å². The standard InChI is InChI=1S/C21H16N2O5/c1-11-17(18(23-21(27)22-11)12-5-3-2-4-6-12)19(25)15-9-13-7-8-14(24)10-16(13)28-20(15)26/h2-10,18,24H,1H3,(H2,22,23,27). The van der Waals surface area contributed by atoms with E-state index in [1.54, 1.807) is 37.3 Å². The summed E-state index contributed by atoms with van der Waals surface area (Å²) in [4.78, 5) is 37.7. The number of hydrogen-bond donors (Lipinski definition) is 3. The van der Waals surface area contributed by atoms with E-state index in [9.17, 15) is 19.5 Å². The third-order valence-corrected chi connectivity index (χ3v) is 4.61. The van der Waals surface area contributed by atoms with Crippen molar-refractivity contribution >= 4 is 22.8 Å². The van der Waals surface area contributed by atoms with Crippen molar-refractivity contribution in [1.82, 2.24) is 10.6 Å². The summed E-state index contributed by atoms with van der Waals surface area (Å²) in [6.45, 7) is 1.61. The van der Waals surface area contributed by atoms with Gasteiger partial charge in [-0.15, -0.1) is 0 Å². The van der Waals surface area contributed by atoms with Crippen LogP contribution in [0.2, 0.25) is 0 Å². The number of rotatable bonds is 3. The summed E-state index contributed by atoms with van der Waals surface area (Å²) in [5.41, 5.74) is 0.569. The smallest absolute Gasteiger partial charge is 0.347 e. The number of aromatic hydroxyl groups is 1. The van der Waals surface area contributed by atoms with Gasteiger partial charge in [0.1, 0.15) is 16.9 Å². The Kier molecular flexibility index (Phi) is 4.19. The molecule has 3 aromatic rings. The van der Waals surface area contributed by atoms with Crippen molar-refractivity contribution in [2.45, 2.75) is 13.0 Å². The SMILES string of the molecule is CC1=C(C(=O)c2cc3ccc(O)cc3oc2=O)C(c2ccccc2)NC(=O)N1. The van der Waals surface area contributed by atoms with Crippen LogP contribution >= 0.6 is 0 Å². The monoisotopic (exact) mass is 376 g/mol. The van der Waals surface area contributed by atoms with Gasteiger partial charge in [-0.2, -0.15) is 0 Å². The van der Waals surface area contributed by atoms with Crippen LogP contribution in [-0.2, 0) is 0 Å². The van der Waals surface area contributed by atoms with E-state index in [1.165, 1.54) is 18.2 Å². The first-order valence-electron chi connectivity index (χ1n) is 8.59. The Balaban J connectivity index is 1.85. The van der Waals surface area contributed by atoms with Gasteiger partial charge in [-0.1, -0.05) is 30.3 Å². The highest BCUT2D eigenvalue weighted by Gasteiger charge is 2.33. The van der Waals surface area contributed by atoms with Crippen LogP contribution in [0.15, 0.2) is 75.1 Å². The Morgan fingerprint density at radius 1 is 1.07 bits per heavy atom. The van der Waals surface area contributed by atoms with Crippen molar-refractivity contribution in [3.8, 4) is 5.75 Å². The molecular formula is C21H16N2O5. The Morgan fingerprint density at radius 2 is 1.82 bits per heavy atom. The van der Waals surface area contributed by atoms with Gasteiger partial charge in [-0.25, -0.2) is 9.59 Å². The van der Waals surface area contributed by atoms with Gasteiger partial charge in [-0.05, 0) is 30.7 Å². The van der Waals surface area contributed by atoms with E-state index >= 15 is 0 Å². The minimum atomic E-state index is -0.813. The average Bonchev–Trinajstić information content (AvgIpc) is 2.67. The molecule has 1 unspecified atom stereocenters. The second-order valence-electron chi connectivity index (χ2n) is 6.48. The number of benzene rings is 2. The molecule has 0 aliphatic carbocycles. The summed E-state index contributed by atoms with van der Waals surface area (Å²) in [6.07, 6.45) is 0. The largest absolute Gasteiger partial charge is 0.508 e. The van der Waals surface area contributed by atoms with Crippen molar-refractivity contribution in [2.24, 2.45) is 0 Å². The minimum Gasteiger partial charge on any atom is -0.508 e. The predicted octanol–water partition coefficient (Wildman–Crippen LogP) is 3.01. The topological polar surface area (TPSA) is 109 Å². The number of urea groups is 1. The van der Waals surface area contributed by atoms with Crippen LogP contribution in [0.4, 0.5) is 4.79 Å². The number of Topliss-reactive ketones (excluding diaryl/α,β-unsaturated/α-hetero) is 1. The van der Waals surface area contributed by atoms with Gasteiger partial charge in [-0.3, -0.25) is 4.79 Å². The zero-order valence-corrected chi connectivity index (χ0v) is 14.9. The number of phenols is 1. The van der Waals surface area contributed by atoms with Gasteiger partial charge in [0.05, 0.1) is 6.04 Å². The second-order valence-corrected chi connectivity index (χ2v) is 6.48. The number of phenolic OH excluding ortho intramolecular Hbond substituents is 1. The molecule has 1 aromatic heterocycles. The van der Waals surface area contributed by atoms with Crippen molar-refractivity contribution in [3.63, 3.8) is 0 Å². The number of carbonyl (C=O) groups excluding carboxylic acids is 2. The van der Waals surface area contributed by atoms with Crippen molar-refractivity contribution < 1.29 is 19.1 Å². The first-order valence-corrected chi connectivity index (χ1v) is 8.59. The fourth-order valence-corrected chi connectivity index (χ4v) is 3.29. The fourth-order valence-electron chi connectivity index (χ4n) is 3.29. The molecule has 1 aliphatic heterocycles. The number of amides is 2. The average molecular weight is 376 g/mol. The van der Waals surface area contributed by atoms with Crippen molar-refractivity contribution in [3.05, 3.63) is 87.4 Å². The van der Waals surface area contributed by atoms with Crippen LogP contribution in [0, 0.1) is 0 Å². The highest BCUT2D eigenvalue weighted by atomic mass is 16.4. The number of ketones is 1. The highest BCUT2D eigenvalue weighted by molar-refractivity contribution is 6.12. The Morgan fingerprint density at radius 3 is 2.57 bits per heavy atom. The number of carbonyl (C=O) groups is 2. The minimum absolute atomic E-state index is 0.0448. The summed E-state index contributed by atoms with van der Waals surface area (Å²) < 4.78 is 5.22. The van der Waals surface area contributed by atoms with E-state index < -0.39 is 23.5 Å². The van der Waals surface area contributed by atoms with Crippen LogP contribution in [0.25, 0.3) is 11.0 Å². The molecular weight excluding hydrogens is 360 g/mol. The maximum Gasteiger partial charge on any atom is 0.347 e. The zero-order valence-electron chi connectivity index (χ0n) is 14.9. The first-order chi connectivity index (χ1) is 13.4. The molecule has 4 rings (SSSR count). The van der Waals surface area contributed by atoms with Crippen LogP contribution < -0.4 is 16.3 Å². The summed E-state index contributed by atoms with van der Waals surface area (Å²) in [7, 11) is 0. The quantitative estimate of drug-likeness (QED) is 0.481. The fraction of sp³-hybridized carbons (Fsp3) is 0.0952. The Labute approximate surface area is 159 Å². The van der Waals surface area contributed by atoms with Crippen molar-refractivity contribution in [2.75, 3.05) is 0 Å². The van der Waals surface area contributed by atoms with Crippen molar-refractivity contribution in [1.29, 1.82) is 0 Å². The van der Waals surface area contributed by atoms with E-state index in [0.717, 1.165) is 5.56 Å². The van der Waals surface area contributed by atoms with E-state index in [0.29, 0.717) is 11.1 Å². The molecule has 140 valence electrons. The molecule has 7 nitrogen and oxygen atoms in total. The molecule has 1 aliphatic rings. The maximum atomic E-state index is 13.3. The van der Waals surface area contributed by atoms with Gasteiger partial charge in [0.15, 0.2) is 0 Å². The molecule has 2 amide bonds. The predicted molar refractivity (Wildman–Crippen MR) is 102 cm³/mol. The van der Waals surface area contributed by atoms with Crippen LogP contribution in [0.5, 0.6) is 5.75 Å². The normalized spacial score (nSPS) is 16.6. The second kappa shape index (κ2) is 6.70. The molecule has 0 saturated carbocycles. The van der Waals surface area contributed by atoms with E-state index in [1.807, 2.05) is 6.07 Å². The lowest BCUT2D eigenvalue weighted by Crippen LogP contribution is -2.45. The third-order valence-electron chi connectivity index (χ3n) is 4.61. The Hall–Kier alpha value is -3.87. The molecule has 3 N–H and O–H groups in total. The molecule has 2 heterocycles. The summed E-state index contributed by atoms with van der Waals surface area (Å²) in [5.74, 6) is -0.584. The summed E-state index contributed by atoms with van der Waals surface area (Å²) in [5, 5.41) is 15.4. The molecule has 0 spiro atoms. The molecule has 7 heteroatoms. The molecule has 0 radical (unpaired) electrons. The van der Waals surface area contributed by atoms with E-state index in [4.69, 9.17) is 4.42 Å². The van der Waals surface area contributed by atoms with Gasteiger partial charge in [0, 0.05) is 22.7 Å². The van der Waals surface area contributed by atoms with Gasteiger partial charge in [0.25, 0.3) is 0 Å². The lowest BCUT2D eigenvalue weighted by molar-refractivity contribution is 0.102. The number of allylic oxidation sites excluding steroid dienone is 1. The summed E-state index contributed by atoms with van der Waals surface area (Å²) in [6, 6.07) is 13.6. The van der Waals surface area contributed by atoms with Crippen LogP contribution in [0.1, 0.15) is 28.9 Å². The number of hydrogen-bond acceptors (Lipinski definition) is 5. The van der Waals surface area contributed by atoms with Gasteiger partial charge >= 0.3 is 11.7 Å². The first kappa shape index (κ1) is 17.5. The Bertz CT molecular complexity index is 1190. The molecule has 2 aromatic carbocycles. The highest BCUT2D eigenvalue weighted by Crippen LogP contribution is 2.29. The van der Waals surface area contributed by atoms with Gasteiger partial charge in [0.2, 0.25) is 5.78 Å². The van der Waals surface area contributed by atoms with Gasteiger partial charge < -0.3 is 20.2 Å². The maximum absolute atomic E-state index is 13.3. The number of fused-ring (bicyclic) bond motifs is 1. The third kappa shape index (κ3) is 3.03. The van der Waals surface area contributed by atoms with E-state index in [2.05, 4.69) is 10.6 Å². The zero-order chi connectivity index (χ0) is 19.8. The molecule has 0 saturated heterocycles. The lowest BCUT2D eigenvalue weighted by atomic mass is 9.90. The summed E-state index contributed by atoms with van der Waals surface area (Å²) >= 11 is 0. The molecule has 28 heavy (non-hydrogen) atoms. The molecule has 0 fully saturated rings. The van der Waals surface area contributed by atoms with Crippen LogP contribution in [0.3, 0.4) is 0 Å². The van der Waals surface area contributed by atoms with Crippen LogP contribution in [-0.4, -0.2) is 16.9 Å². The molecule has 1 atom stereocenters. The number of nitrogens with one attached hydrogen (secondary N) is 2. The molecule has 0 bridgehead atoms. The lowest BCUT2D eigenvalue weighted by Gasteiger charge is -2.28.